The van der Waals surface area contributed by atoms with E-state index in [0.717, 1.165) is 9.26 Å². The Hall–Kier alpha value is -1.76. The zero-order valence-electron chi connectivity index (χ0n) is 10.1. The van der Waals surface area contributed by atoms with Gasteiger partial charge in [-0.25, -0.2) is 0 Å². The van der Waals surface area contributed by atoms with Gasteiger partial charge in [0.15, 0.2) is 6.61 Å². The van der Waals surface area contributed by atoms with Crippen molar-refractivity contribution in [1.29, 1.82) is 0 Å². The summed E-state index contributed by atoms with van der Waals surface area (Å²) in [5, 5.41) is 2.76. The maximum Gasteiger partial charge on any atom is 0.262 e. The van der Waals surface area contributed by atoms with E-state index in [4.69, 9.17) is 10.5 Å². The van der Waals surface area contributed by atoms with Gasteiger partial charge in [-0.3, -0.25) is 4.79 Å². The van der Waals surface area contributed by atoms with Crippen LogP contribution in [-0.2, 0) is 4.79 Å². The molecule has 0 aliphatic carbocycles. The van der Waals surface area contributed by atoms with Gasteiger partial charge in [0.1, 0.15) is 5.75 Å². The second-order valence-electron chi connectivity index (χ2n) is 3.92. The standard InChI is InChI=1S/C14H13IN2O2/c15-10-4-6-12(7-5-10)17-14(18)9-19-13-3-1-2-11(16)8-13/h1-8H,9,16H2,(H,17,18). The highest BCUT2D eigenvalue weighted by Gasteiger charge is 2.03. The molecule has 2 rings (SSSR count). The molecule has 5 heteroatoms. The van der Waals surface area contributed by atoms with Crippen molar-refractivity contribution >= 4 is 39.9 Å². The van der Waals surface area contributed by atoms with E-state index in [2.05, 4.69) is 27.9 Å². The van der Waals surface area contributed by atoms with Crippen LogP contribution < -0.4 is 15.8 Å². The molecule has 0 aliphatic rings. The molecular formula is C14H13IN2O2. The molecule has 0 saturated carbocycles. The van der Waals surface area contributed by atoms with Crippen LogP contribution in [0.15, 0.2) is 48.5 Å². The lowest BCUT2D eigenvalue weighted by Crippen LogP contribution is -2.20. The van der Waals surface area contributed by atoms with E-state index in [9.17, 15) is 4.79 Å². The van der Waals surface area contributed by atoms with E-state index in [1.165, 1.54) is 0 Å². The first-order chi connectivity index (χ1) is 9.13. The van der Waals surface area contributed by atoms with E-state index >= 15 is 0 Å². The summed E-state index contributed by atoms with van der Waals surface area (Å²) in [4.78, 5) is 11.7. The largest absolute Gasteiger partial charge is 0.484 e. The number of carbonyl (C=O) groups is 1. The molecule has 2 aromatic rings. The molecule has 98 valence electrons. The number of nitrogens with one attached hydrogen (secondary N) is 1. The van der Waals surface area contributed by atoms with Gasteiger partial charge in [0.2, 0.25) is 0 Å². The van der Waals surface area contributed by atoms with Crippen LogP contribution >= 0.6 is 22.6 Å². The second kappa shape index (κ2) is 6.42. The number of ether oxygens (including phenoxy) is 1. The van der Waals surface area contributed by atoms with E-state index in [1.807, 2.05) is 24.3 Å². The number of halogens is 1. The van der Waals surface area contributed by atoms with Crippen molar-refractivity contribution in [3.63, 3.8) is 0 Å². The third-order valence-corrected chi connectivity index (χ3v) is 3.08. The van der Waals surface area contributed by atoms with Gasteiger partial charge in [0.25, 0.3) is 5.91 Å². The molecule has 0 radical (unpaired) electrons. The van der Waals surface area contributed by atoms with Crippen LogP contribution in [0.5, 0.6) is 5.75 Å². The molecule has 19 heavy (non-hydrogen) atoms. The van der Waals surface area contributed by atoms with E-state index in [0.29, 0.717) is 11.4 Å². The highest BCUT2D eigenvalue weighted by Crippen LogP contribution is 2.15. The normalized spacial score (nSPS) is 9.95. The summed E-state index contributed by atoms with van der Waals surface area (Å²) < 4.78 is 6.47. The maximum absolute atomic E-state index is 11.7. The first-order valence-corrected chi connectivity index (χ1v) is 6.75. The van der Waals surface area contributed by atoms with Gasteiger partial charge in [-0.15, -0.1) is 0 Å². The first-order valence-electron chi connectivity index (χ1n) is 5.67. The van der Waals surface area contributed by atoms with Crippen molar-refractivity contribution in [1.82, 2.24) is 0 Å². The second-order valence-corrected chi connectivity index (χ2v) is 5.16. The Kier molecular flexibility index (Phi) is 4.62. The van der Waals surface area contributed by atoms with Gasteiger partial charge < -0.3 is 15.8 Å². The minimum absolute atomic E-state index is 0.0462. The van der Waals surface area contributed by atoms with Crippen LogP contribution in [0.2, 0.25) is 0 Å². The van der Waals surface area contributed by atoms with Gasteiger partial charge in [-0.1, -0.05) is 6.07 Å². The predicted octanol–water partition coefficient (Wildman–Crippen LogP) is 2.89. The minimum Gasteiger partial charge on any atom is -0.484 e. The van der Waals surface area contributed by atoms with E-state index in [-0.39, 0.29) is 12.5 Å². The van der Waals surface area contributed by atoms with Crippen LogP contribution in [0.25, 0.3) is 0 Å². The number of anilines is 2. The summed E-state index contributed by atoms with van der Waals surface area (Å²) in [5.41, 5.74) is 6.98. The molecule has 0 aliphatic heterocycles. The molecular weight excluding hydrogens is 355 g/mol. The van der Waals surface area contributed by atoms with Crippen molar-refractivity contribution in [2.45, 2.75) is 0 Å². The summed E-state index contributed by atoms with van der Waals surface area (Å²) in [5.74, 6) is 0.376. The van der Waals surface area contributed by atoms with E-state index < -0.39 is 0 Å². The van der Waals surface area contributed by atoms with Crippen molar-refractivity contribution < 1.29 is 9.53 Å². The molecule has 0 saturated heterocycles. The molecule has 0 atom stereocenters. The Morgan fingerprint density at radius 2 is 1.95 bits per heavy atom. The Balaban J connectivity index is 1.86. The summed E-state index contributed by atoms with van der Waals surface area (Å²) in [6.07, 6.45) is 0. The van der Waals surface area contributed by atoms with Crippen LogP contribution in [-0.4, -0.2) is 12.5 Å². The monoisotopic (exact) mass is 368 g/mol. The van der Waals surface area contributed by atoms with Crippen LogP contribution in [0.3, 0.4) is 0 Å². The molecule has 0 fully saturated rings. The van der Waals surface area contributed by atoms with Crippen molar-refractivity contribution in [3.8, 4) is 5.75 Å². The van der Waals surface area contributed by atoms with Crippen LogP contribution in [0, 0.1) is 3.57 Å². The molecule has 3 N–H and O–H groups in total. The number of nitrogen functional groups attached to an aromatic ring is 1. The summed E-state index contributed by atoms with van der Waals surface area (Å²) in [6, 6.07) is 14.5. The summed E-state index contributed by atoms with van der Waals surface area (Å²) in [6.45, 7) is -0.0462. The van der Waals surface area contributed by atoms with Gasteiger partial charge in [-0.2, -0.15) is 0 Å². The number of nitrogens with two attached hydrogens (primary N) is 1. The van der Waals surface area contributed by atoms with Gasteiger partial charge in [0, 0.05) is 21.0 Å². The van der Waals surface area contributed by atoms with Crippen molar-refractivity contribution in [2.75, 3.05) is 17.7 Å². The fourth-order valence-corrected chi connectivity index (χ4v) is 1.84. The Morgan fingerprint density at radius 1 is 1.21 bits per heavy atom. The Morgan fingerprint density at radius 3 is 2.63 bits per heavy atom. The fourth-order valence-electron chi connectivity index (χ4n) is 1.48. The summed E-state index contributed by atoms with van der Waals surface area (Å²) in [7, 11) is 0. The minimum atomic E-state index is -0.205. The number of hydrogen-bond donors (Lipinski definition) is 2. The van der Waals surface area contributed by atoms with Gasteiger partial charge >= 0.3 is 0 Å². The number of amides is 1. The number of hydrogen-bond acceptors (Lipinski definition) is 3. The lowest BCUT2D eigenvalue weighted by Gasteiger charge is -2.08. The third-order valence-electron chi connectivity index (χ3n) is 2.36. The lowest BCUT2D eigenvalue weighted by molar-refractivity contribution is -0.118. The molecule has 4 nitrogen and oxygen atoms in total. The lowest BCUT2D eigenvalue weighted by atomic mass is 10.3. The Bertz CT molecular complexity index is 570. The average Bonchev–Trinajstić information content (AvgIpc) is 2.39. The zero-order chi connectivity index (χ0) is 13.7. The average molecular weight is 368 g/mol. The highest BCUT2D eigenvalue weighted by atomic mass is 127. The number of benzene rings is 2. The first kappa shape index (κ1) is 13.7. The molecule has 2 aromatic carbocycles. The molecule has 0 unspecified atom stereocenters. The van der Waals surface area contributed by atoms with Crippen molar-refractivity contribution in [3.05, 3.63) is 52.1 Å². The van der Waals surface area contributed by atoms with Gasteiger partial charge in [0.05, 0.1) is 0 Å². The highest BCUT2D eigenvalue weighted by molar-refractivity contribution is 14.1. The number of rotatable bonds is 4. The predicted molar refractivity (Wildman–Crippen MR) is 84.1 cm³/mol. The molecule has 0 aromatic heterocycles. The topological polar surface area (TPSA) is 64.3 Å². The molecule has 0 heterocycles. The molecule has 0 bridgehead atoms. The summed E-state index contributed by atoms with van der Waals surface area (Å²) >= 11 is 2.21. The van der Waals surface area contributed by atoms with E-state index in [1.54, 1.807) is 24.3 Å². The van der Waals surface area contributed by atoms with Crippen molar-refractivity contribution in [2.24, 2.45) is 0 Å². The molecule has 0 spiro atoms. The Labute approximate surface area is 125 Å². The smallest absolute Gasteiger partial charge is 0.262 e. The van der Waals surface area contributed by atoms with Crippen LogP contribution in [0.1, 0.15) is 0 Å². The fraction of sp³-hybridized carbons (Fsp3) is 0.0714. The third kappa shape index (κ3) is 4.44. The van der Waals surface area contributed by atoms with Crippen LogP contribution in [0.4, 0.5) is 11.4 Å². The van der Waals surface area contributed by atoms with Gasteiger partial charge in [-0.05, 0) is 59.0 Å². The maximum atomic E-state index is 11.7. The zero-order valence-corrected chi connectivity index (χ0v) is 12.3. The number of carbonyl (C=O) groups excluding carboxylic acids is 1. The quantitative estimate of drug-likeness (QED) is 0.645. The SMILES string of the molecule is Nc1cccc(OCC(=O)Nc2ccc(I)cc2)c1. The molecule has 1 amide bonds.